The summed E-state index contributed by atoms with van der Waals surface area (Å²) in [7, 11) is 0. The Bertz CT molecular complexity index is 1250. The van der Waals surface area contributed by atoms with Crippen molar-refractivity contribution < 1.29 is 14.3 Å². The molecular formula is C26H24N2O3S2. The van der Waals surface area contributed by atoms with Crippen molar-refractivity contribution in [3.8, 4) is 21.1 Å². The van der Waals surface area contributed by atoms with Crippen LogP contribution in [0.4, 0.5) is 5.69 Å². The topological polar surface area (TPSA) is 68.3 Å². The number of thiophene rings is 1. The summed E-state index contributed by atoms with van der Waals surface area (Å²) in [4.78, 5) is 31.7. The first-order valence-electron chi connectivity index (χ1n) is 10.7. The van der Waals surface area contributed by atoms with E-state index in [4.69, 9.17) is 9.72 Å². The number of carbonyl (C=O) groups is 2. The monoisotopic (exact) mass is 476 g/mol. The number of aromatic nitrogens is 1. The maximum atomic E-state index is 12.6. The molecule has 0 saturated heterocycles. The van der Waals surface area contributed by atoms with Gasteiger partial charge in [0.1, 0.15) is 5.01 Å². The van der Waals surface area contributed by atoms with Gasteiger partial charge in [-0.15, -0.1) is 22.7 Å². The molecule has 0 bridgehead atoms. The Morgan fingerprint density at radius 3 is 2.58 bits per heavy atom. The number of rotatable bonds is 8. The zero-order valence-electron chi connectivity index (χ0n) is 18.5. The molecule has 1 amide bonds. The molecule has 0 saturated carbocycles. The molecule has 7 heteroatoms. The number of benzene rings is 2. The van der Waals surface area contributed by atoms with Crippen LogP contribution in [0.1, 0.15) is 22.9 Å². The van der Waals surface area contributed by atoms with Crippen molar-refractivity contribution in [2.45, 2.75) is 26.7 Å². The van der Waals surface area contributed by atoms with E-state index < -0.39 is 5.97 Å². The number of nitrogens with zero attached hydrogens (tertiary/aromatic N) is 1. The van der Waals surface area contributed by atoms with Gasteiger partial charge < -0.3 is 10.1 Å². The number of carbonyl (C=O) groups excluding carboxylic acids is 2. The minimum Gasteiger partial charge on any atom is -0.455 e. The fourth-order valence-electron chi connectivity index (χ4n) is 3.49. The number of nitrogens with one attached hydrogen (secondary N) is 1. The molecule has 0 unspecified atom stereocenters. The van der Waals surface area contributed by atoms with E-state index in [0.717, 1.165) is 49.3 Å². The van der Waals surface area contributed by atoms with Gasteiger partial charge in [-0.05, 0) is 35.9 Å². The molecule has 2 aromatic carbocycles. The van der Waals surface area contributed by atoms with Gasteiger partial charge in [0, 0.05) is 16.1 Å². The third kappa shape index (κ3) is 5.56. The van der Waals surface area contributed by atoms with E-state index in [9.17, 15) is 9.59 Å². The quantitative estimate of drug-likeness (QED) is 0.311. The van der Waals surface area contributed by atoms with Crippen molar-refractivity contribution in [1.82, 2.24) is 4.98 Å². The molecule has 0 aliphatic heterocycles. The number of thiazole rings is 1. The Balaban J connectivity index is 1.44. The third-order valence-corrected chi connectivity index (χ3v) is 7.13. The summed E-state index contributed by atoms with van der Waals surface area (Å²) in [5, 5.41) is 5.72. The number of ether oxygens (including phenoxy) is 1. The second-order valence-corrected chi connectivity index (χ2v) is 9.51. The largest absolute Gasteiger partial charge is 0.455 e. The predicted molar refractivity (Wildman–Crippen MR) is 135 cm³/mol. The minimum absolute atomic E-state index is 0.0651. The number of hydrogen-bond acceptors (Lipinski definition) is 6. The molecule has 33 heavy (non-hydrogen) atoms. The van der Waals surface area contributed by atoms with Gasteiger partial charge in [0.15, 0.2) is 6.61 Å². The fourth-order valence-corrected chi connectivity index (χ4v) is 5.36. The van der Waals surface area contributed by atoms with Crippen LogP contribution in [0.3, 0.4) is 0 Å². The Morgan fingerprint density at radius 1 is 1.03 bits per heavy atom. The van der Waals surface area contributed by atoms with E-state index in [1.807, 2.05) is 79.9 Å². The maximum Gasteiger partial charge on any atom is 0.311 e. The van der Waals surface area contributed by atoms with Crippen molar-refractivity contribution in [3.63, 3.8) is 0 Å². The van der Waals surface area contributed by atoms with Crippen LogP contribution in [0.5, 0.6) is 0 Å². The average Bonchev–Trinajstić information content (AvgIpc) is 3.50. The molecule has 5 nitrogen and oxygen atoms in total. The molecule has 4 aromatic rings. The highest BCUT2D eigenvalue weighted by Crippen LogP contribution is 2.36. The van der Waals surface area contributed by atoms with Gasteiger partial charge in [0.05, 0.1) is 17.0 Å². The Morgan fingerprint density at radius 2 is 1.85 bits per heavy atom. The molecule has 0 radical (unpaired) electrons. The second kappa shape index (κ2) is 10.6. The molecule has 2 heterocycles. The van der Waals surface area contributed by atoms with E-state index >= 15 is 0 Å². The molecule has 0 aliphatic rings. The van der Waals surface area contributed by atoms with Crippen LogP contribution >= 0.6 is 22.7 Å². The number of anilines is 1. The van der Waals surface area contributed by atoms with Gasteiger partial charge in [-0.3, -0.25) is 9.59 Å². The van der Waals surface area contributed by atoms with Crippen molar-refractivity contribution in [2.75, 3.05) is 11.9 Å². The van der Waals surface area contributed by atoms with Crippen LogP contribution in [0.25, 0.3) is 21.1 Å². The highest BCUT2D eigenvalue weighted by atomic mass is 32.1. The third-order valence-electron chi connectivity index (χ3n) is 5.15. The minimum atomic E-state index is -0.452. The summed E-state index contributed by atoms with van der Waals surface area (Å²) in [6.07, 6.45) is 0.868. The number of esters is 1. The Hall–Kier alpha value is -3.29. The molecule has 4 rings (SSSR count). The van der Waals surface area contributed by atoms with Gasteiger partial charge in [-0.1, -0.05) is 61.5 Å². The van der Waals surface area contributed by atoms with Crippen LogP contribution in [0.2, 0.25) is 0 Å². The standard InChI is InChI=1S/C26H24N2O3S2/c1-3-18-12-7-9-17(2)24(18)27-22(29)16-31-23(30)15-21-25(20-13-8-14-32-20)28-26(33-21)19-10-5-4-6-11-19/h4-14H,3,15-16H2,1-2H3,(H,27,29). The van der Waals surface area contributed by atoms with E-state index in [1.54, 1.807) is 11.3 Å². The van der Waals surface area contributed by atoms with Crippen molar-refractivity contribution in [2.24, 2.45) is 0 Å². The molecule has 168 valence electrons. The van der Waals surface area contributed by atoms with Crippen LogP contribution in [-0.2, 0) is 27.2 Å². The molecule has 0 spiro atoms. The molecular weight excluding hydrogens is 452 g/mol. The highest BCUT2D eigenvalue weighted by Gasteiger charge is 2.19. The average molecular weight is 477 g/mol. The molecule has 0 aliphatic carbocycles. The molecule has 1 N–H and O–H groups in total. The molecule has 0 fully saturated rings. The lowest BCUT2D eigenvalue weighted by molar-refractivity contribution is -0.146. The second-order valence-electron chi connectivity index (χ2n) is 7.48. The lowest BCUT2D eigenvalue weighted by atomic mass is 10.1. The van der Waals surface area contributed by atoms with Crippen LogP contribution in [-0.4, -0.2) is 23.5 Å². The van der Waals surface area contributed by atoms with Crippen LogP contribution in [0.15, 0.2) is 66.0 Å². The number of amides is 1. The Labute approximate surface area is 201 Å². The van der Waals surface area contributed by atoms with E-state index in [0.29, 0.717) is 0 Å². The smallest absolute Gasteiger partial charge is 0.311 e. The predicted octanol–water partition coefficient (Wildman–Crippen LogP) is 6.13. The first kappa shape index (κ1) is 22.9. The zero-order valence-corrected chi connectivity index (χ0v) is 20.1. The van der Waals surface area contributed by atoms with Gasteiger partial charge in [-0.25, -0.2) is 4.98 Å². The highest BCUT2D eigenvalue weighted by molar-refractivity contribution is 7.17. The van der Waals surface area contributed by atoms with E-state index in [-0.39, 0.29) is 18.9 Å². The fraction of sp³-hybridized carbons (Fsp3) is 0.192. The van der Waals surface area contributed by atoms with Gasteiger partial charge in [0.2, 0.25) is 0 Å². The van der Waals surface area contributed by atoms with E-state index in [1.165, 1.54) is 11.3 Å². The number of hydrogen-bond donors (Lipinski definition) is 1. The first-order valence-corrected chi connectivity index (χ1v) is 12.4. The summed E-state index contributed by atoms with van der Waals surface area (Å²) in [6.45, 7) is 3.66. The Kier molecular flexibility index (Phi) is 7.32. The summed E-state index contributed by atoms with van der Waals surface area (Å²) >= 11 is 3.06. The lowest BCUT2D eigenvalue weighted by Crippen LogP contribution is -2.22. The summed E-state index contributed by atoms with van der Waals surface area (Å²) in [5.41, 5.74) is 4.61. The van der Waals surface area contributed by atoms with Crippen LogP contribution < -0.4 is 5.32 Å². The first-order chi connectivity index (χ1) is 16.0. The van der Waals surface area contributed by atoms with E-state index in [2.05, 4.69) is 5.32 Å². The number of para-hydroxylation sites is 1. The summed E-state index contributed by atoms with van der Waals surface area (Å²) < 4.78 is 5.31. The lowest BCUT2D eigenvalue weighted by Gasteiger charge is -2.13. The van der Waals surface area contributed by atoms with Crippen molar-refractivity contribution in [1.29, 1.82) is 0 Å². The van der Waals surface area contributed by atoms with Gasteiger partial charge >= 0.3 is 5.97 Å². The molecule has 2 aromatic heterocycles. The summed E-state index contributed by atoms with van der Waals surface area (Å²) in [6, 6.07) is 19.7. The van der Waals surface area contributed by atoms with Gasteiger partial charge in [0.25, 0.3) is 5.91 Å². The van der Waals surface area contributed by atoms with Gasteiger partial charge in [-0.2, -0.15) is 0 Å². The van der Waals surface area contributed by atoms with Crippen molar-refractivity contribution in [3.05, 3.63) is 82.0 Å². The summed E-state index contributed by atoms with van der Waals surface area (Å²) in [5.74, 6) is -0.799. The normalized spacial score (nSPS) is 10.7. The molecule has 0 atom stereocenters. The van der Waals surface area contributed by atoms with Crippen LogP contribution in [0, 0.1) is 6.92 Å². The SMILES string of the molecule is CCc1cccc(C)c1NC(=O)COC(=O)Cc1sc(-c2ccccc2)nc1-c1cccs1. The van der Waals surface area contributed by atoms with Crippen molar-refractivity contribution >= 4 is 40.2 Å². The maximum absolute atomic E-state index is 12.6. The number of aryl methyl sites for hydroxylation is 2. The zero-order chi connectivity index (χ0) is 23.2.